The summed E-state index contributed by atoms with van der Waals surface area (Å²) in [7, 11) is 1.63. The monoisotopic (exact) mass is 276 g/mol. The van der Waals surface area contributed by atoms with Gasteiger partial charge in [0, 0.05) is 7.11 Å². The third-order valence-electron chi connectivity index (χ3n) is 4.02. The van der Waals surface area contributed by atoms with Crippen LogP contribution < -0.4 is 5.69 Å². The quantitative estimate of drug-likeness (QED) is 0.894. The number of carbonyl (C=O) groups is 1. The molecule has 2 aromatic rings. The van der Waals surface area contributed by atoms with Gasteiger partial charge in [-0.3, -0.25) is 4.57 Å². The van der Waals surface area contributed by atoms with Crippen LogP contribution in [0, 0.1) is 0 Å². The van der Waals surface area contributed by atoms with Crippen molar-refractivity contribution in [1.82, 2.24) is 9.55 Å². The number of fused-ring (bicyclic) bond motifs is 1. The average molecular weight is 276 g/mol. The van der Waals surface area contributed by atoms with E-state index in [2.05, 4.69) is 4.98 Å². The predicted molar refractivity (Wildman–Crippen MR) is 73.2 cm³/mol. The molecule has 3 rings (SSSR count). The van der Waals surface area contributed by atoms with Crippen molar-refractivity contribution in [2.45, 2.75) is 31.4 Å². The number of H-pyrrole nitrogens is 1. The minimum atomic E-state index is -1.03. The number of carboxylic acid groups (broad SMARTS) is 1. The molecule has 1 heterocycles. The summed E-state index contributed by atoms with van der Waals surface area (Å²) in [4.78, 5) is 26.3. The van der Waals surface area contributed by atoms with Gasteiger partial charge in [0.25, 0.3) is 0 Å². The summed E-state index contributed by atoms with van der Waals surface area (Å²) in [6.45, 7) is 0. The Hall–Kier alpha value is -2.08. The lowest BCUT2D eigenvalue weighted by Crippen LogP contribution is -2.29. The molecule has 0 spiro atoms. The van der Waals surface area contributed by atoms with Crippen LogP contribution in [0.15, 0.2) is 23.0 Å². The number of aromatic nitrogens is 2. The molecule has 0 radical (unpaired) electrons. The SMILES string of the molecule is COC1CCCC1n1c(=O)[nH]c2cccc(C(=O)O)c21. The van der Waals surface area contributed by atoms with E-state index in [1.54, 1.807) is 23.8 Å². The van der Waals surface area contributed by atoms with Crippen LogP contribution in [0.4, 0.5) is 0 Å². The largest absolute Gasteiger partial charge is 0.478 e. The molecule has 0 amide bonds. The molecule has 20 heavy (non-hydrogen) atoms. The molecule has 6 nitrogen and oxygen atoms in total. The maximum Gasteiger partial charge on any atom is 0.337 e. The zero-order valence-corrected chi connectivity index (χ0v) is 11.1. The standard InChI is InChI=1S/C14H16N2O4/c1-20-11-7-3-6-10(11)16-12-8(13(17)18)4-2-5-9(12)15-14(16)19/h2,4-5,10-11H,3,6-7H2,1H3,(H,15,19)(H,17,18). The number of aromatic amines is 1. The molecule has 0 bridgehead atoms. The van der Waals surface area contributed by atoms with E-state index in [1.807, 2.05) is 0 Å². The maximum atomic E-state index is 12.2. The summed E-state index contributed by atoms with van der Waals surface area (Å²) in [6, 6.07) is 4.76. The third kappa shape index (κ3) is 1.84. The van der Waals surface area contributed by atoms with Gasteiger partial charge in [-0.2, -0.15) is 0 Å². The molecule has 1 aromatic heterocycles. The molecule has 2 atom stereocenters. The second-order valence-electron chi connectivity index (χ2n) is 5.08. The van der Waals surface area contributed by atoms with Crippen molar-refractivity contribution in [3.05, 3.63) is 34.2 Å². The van der Waals surface area contributed by atoms with E-state index in [9.17, 15) is 14.7 Å². The van der Waals surface area contributed by atoms with E-state index in [-0.39, 0.29) is 23.4 Å². The summed E-state index contributed by atoms with van der Waals surface area (Å²) in [6.07, 6.45) is 2.63. The van der Waals surface area contributed by atoms with Gasteiger partial charge in [0.15, 0.2) is 0 Å². The van der Waals surface area contributed by atoms with Crippen LogP contribution in [0.3, 0.4) is 0 Å². The van der Waals surface area contributed by atoms with Gasteiger partial charge in [0.05, 0.1) is 28.7 Å². The number of nitrogens with zero attached hydrogens (tertiary/aromatic N) is 1. The highest BCUT2D eigenvalue weighted by Gasteiger charge is 2.32. The molecule has 2 unspecified atom stereocenters. The number of rotatable bonds is 3. The lowest BCUT2D eigenvalue weighted by Gasteiger charge is -2.20. The molecular formula is C14H16N2O4. The second-order valence-corrected chi connectivity index (χ2v) is 5.08. The van der Waals surface area contributed by atoms with E-state index in [0.717, 1.165) is 19.3 Å². The molecule has 0 aliphatic heterocycles. The van der Waals surface area contributed by atoms with Crippen molar-refractivity contribution >= 4 is 17.0 Å². The Morgan fingerprint density at radius 2 is 2.25 bits per heavy atom. The summed E-state index contributed by atoms with van der Waals surface area (Å²) in [5, 5.41) is 9.32. The smallest absolute Gasteiger partial charge is 0.337 e. The highest BCUT2D eigenvalue weighted by atomic mass is 16.5. The molecule has 1 aromatic carbocycles. The highest BCUT2D eigenvalue weighted by molar-refractivity contribution is 6.01. The molecule has 2 N–H and O–H groups in total. The second kappa shape index (κ2) is 4.79. The zero-order chi connectivity index (χ0) is 14.3. The summed E-state index contributed by atoms with van der Waals surface area (Å²) in [5.74, 6) is -1.03. The fourth-order valence-electron chi connectivity index (χ4n) is 3.15. The van der Waals surface area contributed by atoms with Crippen molar-refractivity contribution in [3.8, 4) is 0 Å². The van der Waals surface area contributed by atoms with Gasteiger partial charge < -0.3 is 14.8 Å². The normalized spacial score (nSPS) is 22.4. The van der Waals surface area contributed by atoms with Crippen molar-refractivity contribution in [3.63, 3.8) is 0 Å². The first kappa shape index (κ1) is 12.9. The van der Waals surface area contributed by atoms with Crippen LogP contribution in [0.25, 0.3) is 11.0 Å². The van der Waals surface area contributed by atoms with Gasteiger partial charge in [0.1, 0.15) is 0 Å². The van der Waals surface area contributed by atoms with Crippen LogP contribution in [0.5, 0.6) is 0 Å². The van der Waals surface area contributed by atoms with E-state index in [0.29, 0.717) is 11.0 Å². The first-order valence-corrected chi connectivity index (χ1v) is 6.63. The van der Waals surface area contributed by atoms with Crippen molar-refractivity contribution in [2.75, 3.05) is 7.11 Å². The first-order valence-electron chi connectivity index (χ1n) is 6.63. The molecular weight excluding hydrogens is 260 g/mol. The van der Waals surface area contributed by atoms with Crippen molar-refractivity contribution in [2.24, 2.45) is 0 Å². The van der Waals surface area contributed by atoms with Crippen LogP contribution >= 0.6 is 0 Å². The van der Waals surface area contributed by atoms with E-state index >= 15 is 0 Å². The number of aromatic carboxylic acids is 1. The van der Waals surface area contributed by atoms with Crippen LogP contribution in [0.2, 0.25) is 0 Å². The Morgan fingerprint density at radius 3 is 2.95 bits per heavy atom. The Kier molecular flexibility index (Phi) is 3.10. The highest BCUT2D eigenvalue weighted by Crippen LogP contribution is 2.33. The van der Waals surface area contributed by atoms with Gasteiger partial charge in [-0.25, -0.2) is 9.59 Å². The van der Waals surface area contributed by atoms with E-state index in [1.165, 1.54) is 6.07 Å². The van der Waals surface area contributed by atoms with Crippen molar-refractivity contribution in [1.29, 1.82) is 0 Å². The molecule has 6 heteroatoms. The van der Waals surface area contributed by atoms with Crippen LogP contribution in [0.1, 0.15) is 35.7 Å². The predicted octanol–water partition coefficient (Wildman–Crippen LogP) is 1.77. The fraction of sp³-hybridized carbons (Fsp3) is 0.429. The number of para-hydroxylation sites is 1. The Morgan fingerprint density at radius 1 is 1.45 bits per heavy atom. The summed E-state index contributed by atoms with van der Waals surface area (Å²) in [5.41, 5.74) is 0.876. The average Bonchev–Trinajstić information content (AvgIpc) is 2.99. The topological polar surface area (TPSA) is 84.3 Å². The summed E-state index contributed by atoms with van der Waals surface area (Å²) >= 11 is 0. The minimum absolute atomic E-state index is 0.0476. The van der Waals surface area contributed by atoms with Crippen LogP contribution in [-0.4, -0.2) is 33.8 Å². The van der Waals surface area contributed by atoms with Gasteiger partial charge in [0.2, 0.25) is 0 Å². The number of hydrogen-bond donors (Lipinski definition) is 2. The number of methoxy groups -OCH3 is 1. The fourth-order valence-corrected chi connectivity index (χ4v) is 3.15. The molecule has 1 aliphatic carbocycles. The van der Waals surface area contributed by atoms with Crippen molar-refractivity contribution < 1.29 is 14.6 Å². The lowest BCUT2D eigenvalue weighted by atomic mass is 10.1. The number of hydrogen-bond acceptors (Lipinski definition) is 3. The van der Waals surface area contributed by atoms with Gasteiger partial charge in [-0.05, 0) is 31.4 Å². The first-order chi connectivity index (χ1) is 9.63. The number of nitrogens with one attached hydrogen (secondary N) is 1. The number of carboxylic acids is 1. The molecule has 1 fully saturated rings. The van der Waals surface area contributed by atoms with Gasteiger partial charge in [-0.1, -0.05) is 6.07 Å². The maximum absolute atomic E-state index is 12.2. The Balaban J connectivity index is 2.27. The third-order valence-corrected chi connectivity index (χ3v) is 4.02. The molecule has 0 saturated heterocycles. The van der Waals surface area contributed by atoms with E-state index in [4.69, 9.17) is 4.74 Å². The minimum Gasteiger partial charge on any atom is -0.478 e. The Labute approximate surface area is 115 Å². The Bertz CT molecular complexity index is 716. The summed E-state index contributed by atoms with van der Waals surface area (Å²) < 4.78 is 6.99. The lowest BCUT2D eigenvalue weighted by molar-refractivity contribution is 0.0691. The van der Waals surface area contributed by atoms with E-state index < -0.39 is 5.97 Å². The van der Waals surface area contributed by atoms with Crippen LogP contribution in [-0.2, 0) is 4.74 Å². The van der Waals surface area contributed by atoms with Gasteiger partial charge in [-0.15, -0.1) is 0 Å². The number of ether oxygens (including phenoxy) is 1. The molecule has 1 saturated carbocycles. The molecule has 1 aliphatic rings. The number of imidazole rings is 1. The molecule has 106 valence electrons. The number of benzene rings is 1. The van der Waals surface area contributed by atoms with Gasteiger partial charge >= 0.3 is 11.7 Å². The zero-order valence-electron chi connectivity index (χ0n) is 11.1.